The first-order valence-corrected chi connectivity index (χ1v) is 10.5. The molecule has 4 heterocycles. The van der Waals surface area contributed by atoms with Crippen molar-refractivity contribution in [2.45, 2.75) is 0 Å². The van der Waals surface area contributed by atoms with Crippen LogP contribution in [-0.4, -0.2) is 75.9 Å². The Morgan fingerprint density at radius 2 is 0.833 bits per heavy atom. The number of fused-ring (bicyclic) bond motifs is 9. The number of imide groups is 3. The van der Waals surface area contributed by atoms with Crippen molar-refractivity contribution in [3.63, 3.8) is 0 Å². The van der Waals surface area contributed by atoms with E-state index >= 15 is 0 Å². The van der Waals surface area contributed by atoms with Crippen LogP contribution in [-0.2, 0) is 7.05 Å². The lowest BCUT2D eigenvalue weighted by atomic mass is 9.93. The van der Waals surface area contributed by atoms with Crippen molar-refractivity contribution in [3.8, 4) is 0 Å². The van der Waals surface area contributed by atoms with Crippen LogP contribution in [0.15, 0.2) is 33.9 Å². The van der Waals surface area contributed by atoms with E-state index in [1.807, 2.05) is 0 Å². The summed E-state index contributed by atoms with van der Waals surface area (Å²) in [6.45, 7) is 0. The van der Waals surface area contributed by atoms with Crippen LogP contribution in [0.3, 0.4) is 0 Å². The fourth-order valence-corrected chi connectivity index (χ4v) is 4.46. The molecule has 180 valence electrons. The van der Waals surface area contributed by atoms with Gasteiger partial charge in [0.05, 0.1) is 38.3 Å². The van der Waals surface area contributed by atoms with Gasteiger partial charge in [-0.25, -0.2) is 0 Å². The average Bonchev–Trinajstić information content (AvgIpc) is 3.05. The Morgan fingerprint density at radius 1 is 0.444 bits per heavy atom. The first kappa shape index (κ1) is 22.8. The molecule has 6 amide bonds. The SMILES string of the molecule is CN1C(=O)c2cc(c3cc(c4cc(c5c(=O)n(C)c(=O)c=5c2)C(=O)N(C)C4=O)C(=O)N(C)C3=O)C1=O. The van der Waals surface area contributed by atoms with Crippen LogP contribution in [0.5, 0.6) is 0 Å². The summed E-state index contributed by atoms with van der Waals surface area (Å²) >= 11 is 0. The Labute approximate surface area is 200 Å². The number of rotatable bonds is 0. The molecule has 0 radical (unpaired) electrons. The number of aromatic nitrogens is 1. The molecule has 0 aromatic rings. The molecule has 36 heavy (non-hydrogen) atoms. The molecule has 0 unspecified atom stereocenters. The van der Waals surface area contributed by atoms with Gasteiger partial charge in [0.25, 0.3) is 46.6 Å². The third kappa shape index (κ3) is 2.75. The van der Waals surface area contributed by atoms with E-state index in [1.165, 1.54) is 14.1 Å². The van der Waals surface area contributed by atoms with Gasteiger partial charge in [0.1, 0.15) is 0 Å². The van der Waals surface area contributed by atoms with Crippen molar-refractivity contribution >= 4 is 35.4 Å². The minimum atomic E-state index is -0.904. The van der Waals surface area contributed by atoms with Gasteiger partial charge >= 0.3 is 0 Å². The zero-order valence-corrected chi connectivity index (χ0v) is 19.4. The normalized spacial score (nSPS) is 16.2. The van der Waals surface area contributed by atoms with Gasteiger partial charge in [-0.3, -0.25) is 57.6 Å². The molecule has 5 aliphatic rings. The molecule has 0 aromatic heterocycles. The summed E-state index contributed by atoms with van der Waals surface area (Å²) in [5, 5.41) is -0.678. The van der Waals surface area contributed by atoms with Crippen molar-refractivity contribution in [1.29, 1.82) is 0 Å². The molecule has 0 saturated carbocycles. The summed E-state index contributed by atoms with van der Waals surface area (Å²) < 4.78 is 0.743. The second-order valence-corrected chi connectivity index (χ2v) is 8.57. The van der Waals surface area contributed by atoms with Crippen LogP contribution in [0.2, 0.25) is 0 Å². The average molecular weight is 488 g/mol. The molecule has 5 rings (SSSR count). The molecule has 0 N–H and O–H groups in total. The minimum absolute atomic E-state index is 0.205. The molecular weight excluding hydrogens is 472 g/mol. The lowest BCUT2D eigenvalue weighted by molar-refractivity contribution is 0.0601. The molecular formula is C24H16N4O8. The Balaban J connectivity index is 2.22. The number of hydrogen-bond donors (Lipinski definition) is 0. The summed E-state index contributed by atoms with van der Waals surface area (Å²) in [6.07, 6.45) is 0. The predicted octanol–water partition coefficient (Wildman–Crippen LogP) is -0.728. The zero-order chi connectivity index (χ0) is 26.4. The maximum atomic E-state index is 13.1. The highest BCUT2D eigenvalue weighted by Gasteiger charge is 2.38. The quantitative estimate of drug-likeness (QED) is 0.441. The summed E-state index contributed by atoms with van der Waals surface area (Å²) in [7, 11) is 4.65. The van der Waals surface area contributed by atoms with Gasteiger partial charge < -0.3 is 0 Å². The number of carbonyl (C=O) groups excluding carboxylic acids is 6. The summed E-state index contributed by atoms with van der Waals surface area (Å²) in [6, 6.07) is 4.24. The van der Waals surface area contributed by atoms with E-state index in [2.05, 4.69) is 0 Å². The van der Waals surface area contributed by atoms with E-state index in [4.69, 9.17) is 0 Å². The molecule has 12 heteroatoms. The zero-order valence-electron chi connectivity index (χ0n) is 19.4. The van der Waals surface area contributed by atoms with Crippen molar-refractivity contribution in [1.82, 2.24) is 19.3 Å². The largest absolute Gasteiger partial charge is 0.277 e. The molecule has 1 aliphatic carbocycles. The summed E-state index contributed by atoms with van der Waals surface area (Å²) in [5.41, 5.74) is -3.36. The van der Waals surface area contributed by atoms with Crippen LogP contribution < -0.4 is 11.1 Å². The van der Waals surface area contributed by atoms with Crippen molar-refractivity contribution in [2.24, 2.45) is 7.05 Å². The van der Waals surface area contributed by atoms with Crippen LogP contribution >= 0.6 is 0 Å². The molecule has 6 bridgehead atoms. The lowest BCUT2D eigenvalue weighted by Crippen LogP contribution is -2.43. The number of carbonyl (C=O) groups is 6. The summed E-state index contributed by atoms with van der Waals surface area (Å²) in [5.74, 6) is -5.19. The highest BCUT2D eigenvalue weighted by Crippen LogP contribution is 2.27. The van der Waals surface area contributed by atoms with E-state index in [1.54, 1.807) is 0 Å². The first-order valence-electron chi connectivity index (χ1n) is 10.5. The van der Waals surface area contributed by atoms with Crippen molar-refractivity contribution in [2.75, 3.05) is 21.1 Å². The molecule has 0 atom stereocenters. The molecule has 4 aliphatic heterocycles. The monoisotopic (exact) mass is 488 g/mol. The molecule has 0 saturated heterocycles. The van der Waals surface area contributed by atoms with Crippen LogP contribution in [0.25, 0.3) is 0 Å². The standard InChI is InChI=1S/C24H16N4O8/c1-25-17(29)9-5-10(18(25)30)11-7-12(20(32)26(2)19(11)31)13-8-15(23(35)27(3)21(13)33)16-14(6-9)22(34)28(4)24(16)36/h5-8H,1-4H3. The Bertz CT molecular complexity index is 1800. The van der Waals surface area contributed by atoms with Crippen LogP contribution in [0, 0.1) is 10.4 Å². The molecule has 0 aromatic carbocycles. The van der Waals surface area contributed by atoms with E-state index in [0.717, 1.165) is 47.8 Å². The smallest absolute Gasteiger partial charge is 0.262 e. The maximum absolute atomic E-state index is 13.1. The number of nitrogens with zero attached hydrogens (tertiary/aromatic N) is 4. The highest BCUT2D eigenvalue weighted by molar-refractivity contribution is 6.24. The number of hydrogen-bond acceptors (Lipinski definition) is 8. The fourth-order valence-electron chi connectivity index (χ4n) is 4.46. The fraction of sp³-hybridized carbons (Fsp3) is 0.167. The van der Waals surface area contributed by atoms with Crippen molar-refractivity contribution in [3.05, 3.63) is 88.8 Å². The molecule has 0 fully saturated rings. The molecule has 12 nitrogen and oxygen atoms in total. The Kier molecular flexibility index (Phi) is 4.59. The maximum Gasteiger partial charge on any atom is 0.262 e. The second-order valence-electron chi connectivity index (χ2n) is 8.57. The van der Waals surface area contributed by atoms with E-state index < -0.39 is 46.6 Å². The van der Waals surface area contributed by atoms with Gasteiger partial charge in [0.2, 0.25) is 0 Å². The van der Waals surface area contributed by atoms with Gasteiger partial charge in [0, 0.05) is 33.8 Å². The minimum Gasteiger partial charge on any atom is -0.277 e. The second kappa shape index (κ2) is 7.25. The van der Waals surface area contributed by atoms with Crippen LogP contribution in [0.4, 0.5) is 0 Å². The predicted molar refractivity (Wildman–Crippen MR) is 120 cm³/mol. The van der Waals surface area contributed by atoms with E-state index in [-0.39, 0.29) is 43.8 Å². The lowest BCUT2D eigenvalue weighted by Gasteiger charge is -2.27. The molecule has 0 spiro atoms. The van der Waals surface area contributed by atoms with Gasteiger partial charge in [-0.1, -0.05) is 0 Å². The Morgan fingerprint density at radius 3 is 1.33 bits per heavy atom. The highest BCUT2D eigenvalue weighted by atomic mass is 16.2. The first-order chi connectivity index (χ1) is 16.9. The topological polar surface area (TPSA) is 151 Å². The Hall–Kier alpha value is -5.00. The van der Waals surface area contributed by atoms with Gasteiger partial charge in [0.15, 0.2) is 0 Å². The van der Waals surface area contributed by atoms with Gasteiger partial charge in [-0.05, 0) is 24.3 Å². The van der Waals surface area contributed by atoms with Gasteiger partial charge in [-0.2, -0.15) is 0 Å². The van der Waals surface area contributed by atoms with E-state index in [0.29, 0.717) is 9.80 Å². The van der Waals surface area contributed by atoms with Crippen molar-refractivity contribution < 1.29 is 28.8 Å². The third-order valence-corrected chi connectivity index (χ3v) is 6.58. The van der Waals surface area contributed by atoms with Crippen LogP contribution in [0.1, 0.15) is 62.1 Å². The number of amides is 6. The van der Waals surface area contributed by atoms with E-state index in [9.17, 15) is 38.4 Å². The third-order valence-electron chi connectivity index (χ3n) is 6.58. The summed E-state index contributed by atoms with van der Waals surface area (Å²) in [4.78, 5) is 106. The van der Waals surface area contributed by atoms with Gasteiger partial charge in [-0.15, -0.1) is 0 Å².